The second-order valence-electron chi connectivity index (χ2n) is 8.36. The van der Waals surface area contributed by atoms with E-state index in [1.54, 1.807) is 54.7 Å². The van der Waals surface area contributed by atoms with Gasteiger partial charge in [-0.15, -0.1) is 11.8 Å². The number of hydrogen-bond donors (Lipinski definition) is 1. The summed E-state index contributed by atoms with van der Waals surface area (Å²) in [5.41, 5.74) is 2.14. The number of anilines is 1. The lowest BCUT2D eigenvalue weighted by Gasteiger charge is -2.24. The minimum absolute atomic E-state index is 0.109. The van der Waals surface area contributed by atoms with E-state index in [9.17, 15) is 13.2 Å². The van der Waals surface area contributed by atoms with Crippen LogP contribution in [0.5, 0.6) is 5.75 Å². The van der Waals surface area contributed by atoms with Crippen molar-refractivity contribution in [3.05, 3.63) is 96.6 Å². The first-order chi connectivity index (χ1) is 18.3. The van der Waals surface area contributed by atoms with Crippen LogP contribution in [-0.4, -0.2) is 43.3 Å². The van der Waals surface area contributed by atoms with Crippen molar-refractivity contribution < 1.29 is 17.9 Å². The Hall–Kier alpha value is -3.76. The fourth-order valence-corrected chi connectivity index (χ4v) is 5.80. The van der Waals surface area contributed by atoms with Crippen molar-refractivity contribution in [1.82, 2.24) is 14.9 Å². The Bertz CT molecular complexity index is 1480. The van der Waals surface area contributed by atoms with Crippen LogP contribution < -0.4 is 14.4 Å². The minimum atomic E-state index is -4.02. The van der Waals surface area contributed by atoms with Gasteiger partial charge in [0.1, 0.15) is 18.1 Å². The first-order valence-electron chi connectivity index (χ1n) is 12.1. The lowest BCUT2D eigenvalue weighted by Crippen LogP contribution is -2.40. The van der Waals surface area contributed by atoms with Gasteiger partial charge in [0, 0.05) is 23.8 Å². The molecule has 0 aliphatic heterocycles. The Balaban J connectivity index is 1.58. The molecule has 1 heterocycles. The maximum absolute atomic E-state index is 13.7. The average molecular weight is 551 g/mol. The highest BCUT2D eigenvalue weighted by molar-refractivity contribution is 7.98. The molecule has 1 amide bonds. The summed E-state index contributed by atoms with van der Waals surface area (Å²) in [5.74, 6) is 1.01. The van der Waals surface area contributed by atoms with Crippen molar-refractivity contribution in [2.45, 2.75) is 30.2 Å². The molecule has 3 aromatic carbocycles. The zero-order chi connectivity index (χ0) is 27.1. The van der Waals surface area contributed by atoms with Gasteiger partial charge in [0.15, 0.2) is 0 Å². The van der Waals surface area contributed by atoms with Gasteiger partial charge in [0.05, 0.1) is 22.9 Å². The van der Waals surface area contributed by atoms with Crippen molar-refractivity contribution in [3.63, 3.8) is 0 Å². The van der Waals surface area contributed by atoms with Crippen LogP contribution in [0.15, 0.2) is 95.0 Å². The summed E-state index contributed by atoms with van der Waals surface area (Å²) >= 11 is 1.52. The van der Waals surface area contributed by atoms with Crippen molar-refractivity contribution in [3.8, 4) is 11.4 Å². The molecule has 0 unspecified atom stereocenters. The van der Waals surface area contributed by atoms with E-state index < -0.39 is 15.9 Å². The summed E-state index contributed by atoms with van der Waals surface area (Å²) in [6, 6.07) is 21.0. The third kappa shape index (κ3) is 6.20. The lowest BCUT2D eigenvalue weighted by atomic mass is 10.1. The number of aryl methyl sites for hydroxylation is 1. The van der Waals surface area contributed by atoms with Crippen LogP contribution in [-0.2, 0) is 21.4 Å². The summed E-state index contributed by atoms with van der Waals surface area (Å²) in [6.07, 6.45) is 5.50. The number of imidazole rings is 1. The summed E-state index contributed by atoms with van der Waals surface area (Å²) in [7, 11) is -4.02. The highest BCUT2D eigenvalue weighted by Gasteiger charge is 2.27. The number of hydrogen-bond acceptors (Lipinski definition) is 6. The third-order valence-corrected chi connectivity index (χ3v) is 8.45. The fourth-order valence-electron chi connectivity index (χ4n) is 3.97. The molecule has 0 saturated heterocycles. The molecule has 0 aliphatic carbocycles. The average Bonchev–Trinajstić information content (AvgIpc) is 3.37. The quantitative estimate of drug-likeness (QED) is 0.269. The third-order valence-electron chi connectivity index (χ3n) is 5.92. The van der Waals surface area contributed by atoms with Crippen molar-refractivity contribution in [1.29, 1.82) is 0 Å². The number of nitrogens with zero attached hydrogens (tertiary/aromatic N) is 3. The zero-order valence-corrected chi connectivity index (χ0v) is 23.1. The van der Waals surface area contributed by atoms with E-state index in [-0.39, 0.29) is 18.0 Å². The molecule has 0 spiro atoms. The van der Waals surface area contributed by atoms with Crippen LogP contribution in [0.4, 0.5) is 5.69 Å². The predicted octanol–water partition coefficient (Wildman–Crippen LogP) is 4.81. The number of nitrogens with one attached hydrogen (secondary N) is 1. The van der Waals surface area contributed by atoms with Crippen molar-refractivity contribution >= 4 is 33.4 Å². The predicted molar refractivity (Wildman–Crippen MR) is 151 cm³/mol. The Kier molecular flexibility index (Phi) is 8.75. The monoisotopic (exact) mass is 550 g/mol. The number of para-hydroxylation sites is 1. The molecule has 0 atom stereocenters. The van der Waals surface area contributed by atoms with Gasteiger partial charge in [-0.25, -0.2) is 13.4 Å². The molecular formula is C28H30N4O4S2. The SMILES string of the molecule is CCOc1ccc(N(CC(=O)NCc2ccccc2-n2ccnc2C)S(=O)(=O)c2ccc(SC)cc2)cc1. The lowest BCUT2D eigenvalue weighted by molar-refractivity contribution is -0.119. The van der Waals surface area contributed by atoms with E-state index in [0.29, 0.717) is 18.0 Å². The molecule has 1 aromatic heterocycles. The summed E-state index contributed by atoms with van der Waals surface area (Å²) in [5, 5.41) is 2.89. The molecule has 0 bridgehead atoms. The Morgan fingerprint density at radius 3 is 2.39 bits per heavy atom. The second-order valence-corrected chi connectivity index (χ2v) is 11.1. The largest absolute Gasteiger partial charge is 0.494 e. The van der Waals surface area contributed by atoms with Gasteiger partial charge in [-0.3, -0.25) is 9.10 Å². The maximum atomic E-state index is 13.7. The van der Waals surface area contributed by atoms with Crippen LogP contribution in [0, 0.1) is 6.92 Å². The van der Waals surface area contributed by atoms with Crippen LogP contribution in [0.1, 0.15) is 18.3 Å². The smallest absolute Gasteiger partial charge is 0.264 e. The Labute approximate surface area is 227 Å². The molecule has 0 fully saturated rings. The van der Waals surface area contributed by atoms with E-state index in [2.05, 4.69) is 10.3 Å². The molecule has 38 heavy (non-hydrogen) atoms. The van der Waals surface area contributed by atoms with Gasteiger partial charge in [-0.2, -0.15) is 0 Å². The molecule has 1 N–H and O–H groups in total. The van der Waals surface area contributed by atoms with Crippen LogP contribution in [0.25, 0.3) is 5.69 Å². The normalized spacial score (nSPS) is 11.2. The molecule has 4 rings (SSSR count). The molecule has 0 aliphatic rings. The number of carbonyl (C=O) groups is 1. The topological polar surface area (TPSA) is 93.5 Å². The van der Waals surface area contributed by atoms with Gasteiger partial charge in [0.25, 0.3) is 10.0 Å². The van der Waals surface area contributed by atoms with Crippen molar-refractivity contribution in [2.24, 2.45) is 0 Å². The first kappa shape index (κ1) is 27.3. The number of sulfonamides is 1. The zero-order valence-electron chi connectivity index (χ0n) is 21.5. The van der Waals surface area contributed by atoms with E-state index in [0.717, 1.165) is 26.3 Å². The Morgan fingerprint density at radius 2 is 1.76 bits per heavy atom. The molecule has 198 valence electrons. The van der Waals surface area contributed by atoms with E-state index in [1.165, 1.54) is 11.8 Å². The van der Waals surface area contributed by atoms with Gasteiger partial charge < -0.3 is 14.6 Å². The molecule has 10 heteroatoms. The number of aromatic nitrogens is 2. The van der Waals surface area contributed by atoms with Crippen LogP contribution in [0.2, 0.25) is 0 Å². The number of amides is 1. The number of carbonyl (C=O) groups excluding carboxylic acids is 1. The highest BCUT2D eigenvalue weighted by atomic mass is 32.2. The van der Waals surface area contributed by atoms with Crippen LogP contribution >= 0.6 is 11.8 Å². The minimum Gasteiger partial charge on any atom is -0.494 e. The maximum Gasteiger partial charge on any atom is 0.264 e. The standard InChI is InChI=1S/C28H30N4O4S2/c1-4-36-24-11-9-23(10-12-24)32(38(34,35)26-15-13-25(37-3)14-16-26)20-28(33)30-19-22-7-5-6-8-27(22)31-18-17-29-21(31)2/h5-18H,4,19-20H2,1-3H3,(H,30,33). The Morgan fingerprint density at radius 1 is 1.05 bits per heavy atom. The number of ether oxygens (including phenoxy) is 1. The number of rotatable bonds is 11. The highest BCUT2D eigenvalue weighted by Crippen LogP contribution is 2.27. The van der Waals surface area contributed by atoms with Crippen molar-refractivity contribution in [2.75, 3.05) is 23.7 Å². The van der Waals surface area contributed by atoms with Gasteiger partial charge in [-0.1, -0.05) is 18.2 Å². The molecule has 0 radical (unpaired) electrons. The van der Waals surface area contributed by atoms with Gasteiger partial charge >= 0.3 is 0 Å². The number of thioether (sulfide) groups is 1. The van der Waals surface area contributed by atoms with E-state index in [1.807, 2.05) is 55.1 Å². The molecule has 4 aromatic rings. The fraction of sp³-hybridized carbons (Fsp3) is 0.214. The van der Waals surface area contributed by atoms with Gasteiger partial charge in [0.2, 0.25) is 5.91 Å². The van der Waals surface area contributed by atoms with E-state index in [4.69, 9.17) is 4.74 Å². The molecular weight excluding hydrogens is 520 g/mol. The molecule has 0 saturated carbocycles. The molecule has 8 nitrogen and oxygen atoms in total. The van der Waals surface area contributed by atoms with E-state index >= 15 is 0 Å². The number of benzene rings is 3. The first-order valence-corrected chi connectivity index (χ1v) is 14.7. The summed E-state index contributed by atoms with van der Waals surface area (Å²) in [4.78, 5) is 18.5. The summed E-state index contributed by atoms with van der Waals surface area (Å²) < 4.78 is 36.0. The van der Waals surface area contributed by atoms with Gasteiger partial charge in [-0.05, 0) is 80.3 Å². The summed E-state index contributed by atoms with van der Waals surface area (Å²) in [6.45, 7) is 4.12. The second kappa shape index (κ2) is 12.2. The van der Waals surface area contributed by atoms with Crippen LogP contribution in [0.3, 0.4) is 0 Å².